The highest BCUT2D eigenvalue weighted by Gasteiger charge is 2.28. The third kappa shape index (κ3) is 1.74. The van der Waals surface area contributed by atoms with Crippen LogP contribution in [0.15, 0.2) is 48.8 Å². The van der Waals surface area contributed by atoms with E-state index in [1.807, 2.05) is 12.4 Å². The molecule has 0 saturated carbocycles. The maximum absolute atomic E-state index is 4.12. The van der Waals surface area contributed by atoms with Crippen LogP contribution in [0.3, 0.4) is 0 Å². The van der Waals surface area contributed by atoms with E-state index in [1.54, 1.807) is 0 Å². The summed E-state index contributed by atoms with van der Waals surface area (Å²) in [5, 5.41) is 5.05. The molecule has 0 unspecified atom stereocenters. The van der Waals surface area contributed by atoms with Crippen LogP contribution in [0, 0.1) is 0 Å². The second-order valence-corrected chi connectivity index (χ2v) is 5.55. The van der Waals surface area contributed by atoms with Crippen LogP contribution in [-0.4, -0.2) is 16.0 Å². The number of rotatable bonds is 1. The van der Waals surface area contributed by atoms with Crippen molar-refractivity contribution in [3.8, 4) is 0 Å². The number of benzene rings is 1. The minimum Gasteiger partial charge on any atom is -0.357 e. The molecule has 1 aromatic carbocycles. The molecule has 1 aliphatic heterocycles. The van der Waals surface area contributed by atoms with Gasteiger partial charge < -0.3 is 10.3 Å². The number of fused-ring (bicyclic) bond motifs is 3. The minimum atomic E-state index is 0.226. The molecule has 2 aromatic heterocycles. The quantitative estimate of drug-likeness (QED) is 0.708. The highest BCUT2D eigenvalue weighted by molar-refractivity contribution is 5.85. The van der Waals surface area contributed by atoms with Gasteiger partial charge in [-0.25, -0.2) is 0 Å². The second-order valence-electron chi connectivity index (χ2n) is 5.55. The molecule has 0 saturated heterocycles. The topological polar surface area (TPSA) is 40.7 Å². The molecule has 100 valence electrons. The van der Waals surface area contributed by atoms with Gasteiger partial charge >= 0.3 is 0 Å². The fourth-order valence-electron chi connectivity index (χ4n) is 3.24. The first kappa shape index (κ1) is 11.7. The van der Waals surface area contributed by atoms with Crippen molar-refractivity contribution in [1.82, 2.24) is 15.3 Å². The Morgan fingerprint density at radius 1 is 1.10 bits per heavy atom. The highest BCUT2D eigenvalue weighted by atomic mass is 15.0. The van der Waals surface area contributed by atoms with Gasteiger partial charge in [0, 0.05) is 35.0 Å². The zero-order valence-electron chi connectivity index (χ0n) is 11.4. The van der Waals surface area contributed by atoms with Crippen LogP contribution >= 0.6 is 0 Å². The fourth-order valence-corrected chi connectivity index (χ4v) is 3.24. The van der Waals surface area contributed by atoms with Crippen molar-refractivity contribution < 1.29 is 0 Å². The number of aromatic nitrogens is 2. The van der Waals surface area contributed by atoms with Crippen LogP contribution in [0.25, 0.3) is 10.9 Å². The number of nitrogens with one attached hydrogen (secondary N) is 2. The molecule has 0 radical (unpaired) electrons. The first-order valence-corrected chi connectivity index (χ1v) is 7.08. The molecule has 4 rings (SSSR count). The summed E-state index contributed by atoms with van der Waals surface area (Å²) < 4.78 is 0. The molecule has 0 aliphatic carbocycles. The monoisotopic (exact) mass is 263 g/mol. The van der Waals surface area contributed by atoms with E-state index in [9.17, 15) is 0 Å². The van der Waals surface area contributed by atoms with Gasteiger partial charge in [0.1, 0.15) is 0 Å². The molecule has 3 heterocycles. The molecule has 3 heteroatoms. The van der Waals surface area contributed by atoms with Crippen molar-refractivity contribution in [2.75, 3.05) is 0 Å². The molecule has 0 amide bonds. The highest BCUT2D eigenvalue weighted by Crippen LogP contribution is 2.34. The molecule has 0 spiro atoms. The Bertz CT molecular complexity index is 745. The molecule has 1 aliphatic rings. The minimum absolute atomic E-state index is 0.226. The maximum atomic E-state index is 4.12. The van der Waals surface area contributed by atoms with E-state index in [0.29, 0.717) is 6.04 Å². The van der Waals surface area contributed by atoms with E-state index in [0.717, 1.165) is 6.42 Å². The predicted molar refractivity (Wildman–Crippen MR) is 80.7 cm³/mol. The summed E-state index contributed by atoms with van der Waals surface area (Å²) >= 11 is 0. The third-order valence-corrected chi connectivity index (χ3v) is 4.14. The van der Waals surface area contributed by atoms with Gasteiger partial charge in [-0.05, 0) is 42.7 Å². The Morgan fingerprint density at radius 3 is 2.75 bits per heavy atom. The van der Waals surface area contributed by atoms with E-state index in [1.165, 1.54) is 27.7 Å². The lowest BCUT2D eigenvalue weighted by Crippen LogP contribution is -2.37. The summed E-state index contributed by atoms with van der Waals surface area (Å²) in [7, 11) is 0. The molecule has 2 N–H and O–H groups in total. The average molecular weight is 263 g/mol. The van der Waals surface area contributed by atoms with Crippen molar-refractivity contribution in [3.05, 3.63) is 65.6 Å². The van der Waals surface area contributed by atoms with E-state index < -0.39 is 0 Å². The SMILES string of the molecule is C[C@H]1Cc2c([nH]c3ccccc23)[C@H](c2ccncc2)N1. The predicted octanol–water partition coefficient (Wildman–Crippen LogP) is 3.19. The Balaban J connectivity index is 1.92. The maximum Gasteiger partial charge on any atom is 0.0735 e. The van der Waals surface area contributed by atoms with Gasteiger partial charge in [0.25, 0.3) is 0 Å². The van der Waals surface area contributed by atoms with Crippen molar-refractivity contribution in [3.63, 3.8) is 0 Å². The second kappa shape index (κ2) is 4.46. The normalized spacial score (nSPS) is 21.9. The lowest BCUT2D eigenvalue weighted by atomic mass is 9.91. The van der Waals surface area contributed by atoms with Crippen molar-refractivity contribution >= 4 is 10.9 Å². The van der Waals surface area contributed by atoms with E-state index in [4.69, 9.17) is 0 Å². The van der Waals surface area contributed by atoms with Gasteiger partial charge in [-0.15, -0.1) is 0 Å². The van der Waals surface area contributed by atoms with Gasteiger partial charge in [-0.2, -0.15) is 0 Å². The number of nitrogens with zero attached hydrogens (tertiary/aromatic N) is 1. The zero-order chi connectivity index (χ0) is 13.5. The smallest absolute Gasteiger partial charge is 0.0735 e. The van der Waals surface area contributed by atoms with Crippen LogP contribution in [0.4, 0.5) is 0 Å². The number of hydrogen-bond donors (Lipinski definition) is 2. The summed E-state index contributed by atoms with van der Waals surface area (Å²) in [4.78, 5) is 7.72. The number of hydrogen-bond acceptors (Lipinski definition) is 2. The van der Waals surface area contributed by atoms with Crippen molar-refractivity contribution in [2.24, 2.45) is 0 Å². The van der Waals surface area contributed by atoms with E-state index >= 15 is 0 Å². The summed E-state index contributed by atoms with van der Waals surface area (Å²) in [6.07, 6.45) is 4.79. The van der Waals surface area contributed by atoms with Crippen LogP contribution in [0.1, 0.15) is 29.8 Å². The molecule has 2 atom stereocenters. The summed E-state index contributed by atoms with van der Waals surface area (Å²) in [5.41, 5.74) is 5.25. The third-order valence-electron chi connectivity index (χ3n) is 4.14. The Morgan fingerprint density at radius 2 is 1.90 bits per heavy atom. The van der Waals surface area contributed by atoms with Crippen LogP contribution < -0.4 is 5.32 Å². The average Bonchev–Trinajstić information content (AvgIpc) is 2.86. The molecule has 20 heavy (non-hydrogen) atoms. The van der Waals surface area contributed by atoms with Gasteiger partial charge in [0.05, 0.1) is 6.04 Å². The standard InChI is InChI=1S/C17H17N3/c1-11-10-14-13-4-2-3-5-15(13)20-17(14)16(19-11)12-6-8-18-9-7-12/h2-9,11,16,19-20H,10H2,1H3/t11-,16-/m0/s1. The van der Waals surface area contributed by atoms with Crippen LogP contribution in [0.5, 0.6) is 0 Å². The van der Waals surface area contributed by atoms with Crippen LogP contribution in [-0.2, 0) is 6.42 Å². The van der Waals surface area contributed by atoms with E-state index in [-0.39, 0.29) is 6.04 Å². The van der Waals surface area contributed by atoms with Gasteiger partial charge in [0.15, 0.2) is 0 Å². The van der Waals surface area contributed by atoms with Crippen molar-refractivity contribution in [2.45, 2.75) is 25.4 Å². The number of para-hydroxylation sites is 1. The summed E-state index contributed by atoms with van der Waals surface area (Å²) in [5.74, 6) is 0. The first-order chi connectivity index (χ1) is 9.83. The van der Waals surface area contributed by atoms with Gasteiger partial charge in [0.2, 0.25) is 0 Å². The lowest BCUT2D eigenvalue weighted by molar-refractivity contribution is 0.460. The molecule has 0 fully saturated rings. The van der Waals surface area contributed by atoms with Crippen molar-refractivity contribution in [1.29, 1.82) is 0 Å². The van der Waals surface area contributed by atoms with Gasteiger partial charge in [-0.3, -0.25) is 4.98 Å². The number of aromatic amines is 1. The molecule has 3 aromatic rings. The van der Waals surface area contributed by atoms with Gasteiger partial charge in [-0.1, -0.05) is 18.2 Å². The van der Waals surface area contributed by atoms with Crippen LogP contribution in [0.2, 0.25) is 0 Å². The number of H-pyrrole nitrogens is 1. The summed E-state index contributed by atoms with van der Waals surface area (Å²) in [6, 6.07) is 13.4. The molecular formula is C17H17N3. The molecule has 3 nitrogen and oxygen atoms in total. The summed E-state index contributed by atoms with van der Waals surface area (Å²) in [6.45, 7) is 2.25. The Labute approximate surface area is 118 Å². The lowest BCUT2D eigenvalue weighted by Gasteiger charge is -2.29. The zero-order valence-corrected chi connectivity index (χ0v) is 11.4. The molecular weight excluding hydrogens is 246 g/mol. The number of pyridine rings is 1. The van der Waals surface area contributed by atoms with E-state index in [2.05, 4.69) is 58.6 Å². The Hall–Kier alpha value is -2.13. The fraction of sp³-hybridized carbons (Fsp3) is 0.235. The molecule has 0 bridgehead atoms. The Kier molecular flexibility index (Phi) is 2.60. The first-order valence-electron chi connectivity index (χ1n) is 7.08. The largest absolute Gasteiger partial charge is 0.357 e.